The predicted molar refractivity (Wildman–Crippen MR) is 77.3 cm³/mol. The molecule has 0 fully saturated rings. The van der Waals surface area contributed by atoms with E-state index in [1.807, 2.05) is 19.0 Å². The van der Waals surface area contributed by atoms with Crippen LogP contribution in [0.25, 0.3) is 0 Å². The van der Waals surface area contributed by atoms with Gasteiger partial charge in [0.15, 0.2) is 5.75 Å². The highest BCUT2D eigenvalue weighted by molar-refractivity contribution is 5.58. The number of nitrogens with zero attached hydrogens (tertiary/aromatic N) is 2. The van der Waals surface area contributed by atoms with Gasteiger partial charge in [-0.2, -0.15) is 0 Å². The standard InChI is InChI=1S/C13H21N3O4/c1-13(17,9-15(2)3)8-14-10-5-6-11(16(18)19)12(7-10)20-4/h5-7,14,17H,8-9H2,1-4H3. The average Bonchev–Trinajstić information content (AvgIpc) is 2.34. The zero-order chi connectivity index (χ0) is 15.3. The number of aliphatic hydroxyl groups is 1. The first-order valence-electron chi connectivity index (χ1n) is 6.18. The van der Waals surface area contributed by atoms with Gasteiger partial charge in [0, 0.05) is 30.9 Å². The summed E-state index contributed by atoms with van der Waals surface area (Å²) in [5, 5.41) is 24.0. The molecule has 0 saturated heterocycles. The number of nitrogens with one attached hydrogen (secondary N) is 1. The van der Waals surface area contributed by atoms with E-state index in [1.165, 1.54) is 13.2 Å². The van der Waals surface area contributed by atoms with Gasteiger partial charge in [0.25, 0.3) is 0 Å². The van der Waals surface area contributed by atoms with E-state index in [0.717, 1.165) is 0 Å². The van der Waals surface area contributed by atoms with Crippen LogP contribution < -0.4 is 10.1 Å². The molecule has 7 heteroatoms. The van der Waals surface area contributed by atoms with E-state index in [0.29, 0.717) is 18.8 Å². The fourth-order valence-corrected chi connectivity index (χ4v) is 1.97. The van der Waals surface area contributed by atoms with Crippen LogP contribution >= 0.6 is 0 Å². The number of likely N-dealkylation sites (N-methyl/N-ethyl adjacent to an activating group) is 1. The van der Waals surface area contributed by atoms with E-state index in [1.54, 1.807) is 19.1 Å². The highest BCUT2D eigenvalue weighted by Crippen LogP contribution is 2.29. The highest BCUT2D eigenvalue weighted by Gasteiger charge is 2.21. The molecule has 7 nitrogen and oxygen atoms in total. The normalized spacial score (nSPS) is 13.9. The Morgan fingerprint density at radius 2 is 2.15 bits per heavy atom. The third-order valence-corrected chi connectivity index (χ3v) is 2.71. The smallest absolute Gasteiger partial charge is 0.311 e. The molecule has 0 aliphatic rings. The minimum Gasteiger partial charge on any atom is -0.490 e. The molecule has 112 valence electrons. The van der Waals surface area contributed by atoms with Gasteiger partial charge in [0.1, 0.15) is 0 Å². The van der Waals surface area contributed by atoms with Crippen molar-refractivity contribution in [2.75, 3.05) is 39.6 Å². The number of ether oxygens (including phenoxy) is 1. The number of nitro benzene ring substituents is 1. The van der Waals surface area contributed by atoms with Crippen LogP contribution in [0.4, 0.5) is 11.4 Å². The van der Waals surface area contributed by atoms with Crippen molar-refractivity contribution in [3.8, 4) is 5.75 Å². The molecule has 1 rings (SSSR count). The summed E-state index contributed by atoms with van der Waals surface area (Å²) in [6, 6.07) is 4.51. The Morgan fingerprint density at radius 1 is 1.50 bits per heavy atom. The Bertz CT molecular complexity index is 475. The molecule has 0 aromatic heterocycles. The molecule has 0 heterocycles. The van der Waals surface area contributed by atoms with Crippen molar-refractivity contribution in [1.29, 1.82) is 0 Å². The van der Waals surface area contributed by atoms with E-state index < -0.39 is 10.5 Å². The largest absolute Gasteiger partial charge is 0.490 e. The zero-order valence-electron chi connectivity index (χ0n) is 12.2. The van der Waals surface area contributed by atoms with E-state index in [2.05, 4.69) is 5.32 Å². The molecule has 0 radical (unpaired) electrons. The van der Waals surface area contributed by atoms with Gasteiger partial charge in [-0.3, -0.25) is 10.1 Å². The van der Waals surface area contributed by atoms with Crippen molar-refractivity contribution < 1.29 is 14.8 Å². The SMILES string of the molecule is COc1cc(NCC(C)(O)CN(C)C)ccc1[N+](=O)[O-]. The van der Waals surface area contributed by atoms with Gasteiger partial charge in [-0.15, -0.1) is 0 Å². The van der Waals surface area contributed by atoms with Gasteiger partial charge in [-0.05, 0) is 27.1 Å². The lowest BCUT2D eigenvalue weighted by molar-refractivity contribution is -0.385. The number of methoxy groups -OCH3 is 1. The van der Waals surface area contributed by atoms with Crippen molar-refractivity contribution in [3.63, 3.8) is 0 Å². The second-order valence-corrected chi connectivity index (χ2v) is 5.23. The molecule has 0 aliphatic heterocycles. The van der Waals surface area contributed by atoms with E-state index in [4.69, 9.17) is 4.74 Å². The molecule has 1 atom stereocenters. The van der Waals surface area contributed by atoms with Crippen molar-refractivity contribution in [1.82, 2.24) is 4.90 Å². The first kappa shape index (κ1) is 16.2. The van der Waals surface area contributed by atoms with Gasteiger partial charge in [0.05, 0.1) is 17.6 Å². The number of rotatable bonds is 7. The lowest BCUT2D eigenvalue weighted by Gasteiger charge is -2.27. The molecule has 0 saturated carbocycles. The summed E-state index contributed by atoms with van der Waals surface area (Å²) < 4.78 is 4.99. The Kier molecular flexibility index (Phi) is 5.29. The Labute approximate surface area is 118 Å². The van der Waals surface area contributed by atoms with Crippen molar-refractivity contribution >= 4 is 11.4 Å². The summed E-state index contributed by atoms with van der Waals surface area (Å²) in [6.45, 7) is 2.55. The van der Waals surface area contributed by atoms with Crippen LogP contribution in [0.3, 0.4) is 0 Å². The summed E-state index contributed by atoms with van der Waals surface area (Å²) in [4.78, 5) is 12.2. The molecule has 0 amide bonds. The Balaban J connectivity index is 2.77. The molecule has 1 aromatic carbocycles. The van der Waals surface area contributed by atoms with Crippen LogP contribution in [-0.4, -0.2) is 54.8 Å². The highest BCUT2D eigenvalue weighted by atomic mass is 16.6. The van der Waals surface area contributed by atoms with Gasteiger partial charge in [0.2, 0.25) is 0 Å². The van der Waals surface area contributed by atoms with Crippen LogP contribution in [-0.2, 0) is 0 Å². The average molecular weight is 283 g/mol. The zero-order valence-corrected chi connectivity index (χ0v) is 12.2. The molecule has 0 spiro atoms. The number of hydrogen-bond donors (Lipinski definition) is 2. The molecule has 20 heavy (non-hydrogen) atoms. The first-order valence-corrected chi connectivity index (χ1v) is 6.18. The maximum Gasteiger partial charge on any atom is 0.311 e. The summed E-state index contributed by atoms with van der Waals surface area (Å²) in [5.41, 5.74) is -0.331. The van der Waals surface area contributed by atoms with E-state index in [-0.39, 0.29) is 11.4 Å². The topological polar surface area (TPSA) is 87.9 Å². The molecule has 0 bridgehead atoms. The Hall–Kier alpha value is -1.86. The van der Waals surface area contributed by atoms with Crippen LogP contribution in [0, 0.1) is 10.1 Å². The van der Waals surface area contributed by atoms with E-state index >= 15 is 0 Å². The van der Waals surface area contributed by atoms with Gasteiger partial charge >= 0.3 is 5.69 Å². The predicted octanol–water partition coefficient (Wildman–Crippen LogP) is 1.33. The maximum absolute atomic E-state index is 10.8. The second kappa shape index (κ2) is 6.53. The summed E-state index contributed by atoms with van der Waals surface area (Å²) in [5.74, 6) is 0.187. The molecular formula is C13H21N3O4. The van der Waals surface area contributed by atoms with Crippen molar-refractivity contribution in [2.45, 2.75) is 12.5 Å². The Morgan fingerprint density at radius 3 is 2.65 bits per heavy atom. The summed E-state index contributed by atoms with van der Waals surface area (Å²) in [7, 11) is 5.14. The lowest BCUT2D eigenvalue weighted by Crippen LogP contribution is -2.43. The summed E-state index contributed by atoms with van der Waals surface area (Å²) >= 11 is 0. The number of nitro groups is 1. The number of hydrogen-bond acceptors (Lipinski definition) is 6. The fourth-order valence-electron chi connectivity index (χ4n) is 1.97. The third kappa shape index (κ3) is 4.67. The maximum atomic E-state index is 10.8. The molecule has 1 unspecified atom stereocenters. The quantitative estimate of drug-likeness (QED) is 0.580. The minimum absolute atomic E-state index is 0.0851. The van der Waals surface area contributed by atoms with Crippen LogP contribution in [0.1, 0.15) is 6.92 Å². The van der Waals surface area contributed by atoms with Crippen LogP contribution in [0.5, 0.6) is 5.75 Å². The van der Waals surface area contributed by atoms with Gasteiger partial charge in [-0.25, -0.2) is 0 Å². The third-order valence-electron chi connectivity index (χ3n) is 2.71. The van der Waals surface area contributed by atoms with Gasteiger partial charge in [-0.1, -0.05) is 0 Å². The molecule has 1 aromatic rings. The fraction of sp³-hybridized carbons (Fsp3) is 0.538. The lowest BCUT2D eigenvalue weighted by atomic mass is 10.1. The number of benzene rings is 1. The number of anilines is 1. The van der Waals surface area contributed by atoms with Gasteiger partial charge < -0.3 is 20.1 Å². The van der Waals surface area contributed by atoms with Crippen LogP contribution in [0.15, 0.2) is 18.2 Å². The van der Waals surface area contributed by atoms with Crippen molar-refractivity contribution in [2.24, 2.45) is 0 Å². The molecule has 0 aliphatic carbocycles. The monoisotopic (exact) mass is 283 g/mol. The first-order chi connectivity index (χ1) is 9.25. The molecule has 2 N–H and O–H groups in total. The molecular weight excluding hydrogens is 262 g/mol. The van der Waals surface area contributed by atoms with Crippen LogP contribution in [0.2, 0.25) is 0 Å². The van der Waals surface area contributed by atoms with E-state index in [9.17, 15) is 15.2 Å². The summed E-state index contributed by atoms with van der Waals surface area (Å²) in [6.07, 6.45) is 0. The minimum atomic E-state index is -0.904. The second-order valence-electron chi connectivity index (χ2n) is 5.23. The van der Waals surface area contributed by atoms with Crippen molar-refractivity contribution in [3.05, 3.63) is 28.3 Å².